The maximum Gasteiger partial charge on any atom is 0.339 e. The standard InChI is InChI=1S/C26H28O7S2/c1-18-5-9-23(10-6-18)34(27,28)31-17-26(4)14-13-21-16-22(15-20(3)25(21)32-26)33-35(29,30)24-11-7-19(2)8-12-24/h5-12,15-16H,13-14,17H2,1-4H3/t26-/m0/s1. The highest BCUT2D eigenvalue weighted by molar-refractivity contribution is 7.87. The summed E-state index contributed by atoms with van der Waals surface area (Å²) in [7, 11) is -7.90. The average molecular weight is 517 g/mol. The van der Waals surface area contributed by atoms with Crippen LogP contribution in [0.3, 0.4) is 0 Å². The van der Waals surface area contributed by atoms with Crippen LogP contribution in [-0.4, -0.2) is 29.0 Å². The van der Waals surface area contributed by atoms with Gasteiger partial charge in [-0.3, -0.25) is 4.18 Å². The van der Waals surface area contributed by atoms with Crippen LogP contribution >= 0.6 is 0 Å². The molecule has 4 rings (SSSR count). The van der Waals surface area contributed by atoms with Crippen LogP contribution in [0.2, 0.25) is 0 Å². The van der Waals surface area contributed by atoms with Crippen molar-refractivity contribution in [3.8, 4) is 11.5 Å². The lowest BCUT2D eigenvalue weighted by Crippen LogP contribution is -2.42. The summed E-state index contributed by atoms with van der Waals surface area (Å²) in [4.78, 5) is 0.171. The molecular weight excluding hydrogens is 488 g/mol. The number of aryl methyl sites for hydroxylation is 4. The van der Waals surface area contributed by atoms with Gasteiger partial charge in [0.25, 0.3) is 10.1 Å². The fraction of sp³-hybridized carbons (Fsp3) is 0.308. The molecule has 0 fully saturated rings. The van der Waals surface area contributed by atoms with Crippen molar-refractivity contribution in [2.75, 3.05) is 6.61 Å². The van der Waals surface area contributed by atoms with Crippen LogP contribution in [-0.2, 0) is 30.8 Å². The second-order valence-corrected chi connectivity index (χ2v) is 12.3. The zero-order valence-corrected chi connectivity index (χ0v) is 21.7. The fourth-order valence-electron chi connectivity index (χ4n) is 3.84. The summed E-state index contributed by atoms with van der Waals surface area (Å²) in [5.41, 5.74) is 2.51. The monoisotopic (exact) mass is 516 g/mol. The molecule has 1 aliphatic rings. The number of benzene rings is 3. The van der Waals surface area contributed by atoms with Crippen molar-refractivity contribution < 1.29 is 29.9 Å². The SMILES string of the molecule is Cc1ccc(S(=O)(=O)OC[C@]2(C)CCc3cc(OS(=O)(=O)c4ccc(C)cc4)cc(C)c3O2)cc1. The fourth-order valence-corrected chi connectivity index (χ4v) is 5.77. The van der Waals surface area contributed by atoms with E-state index in [-0.39, 0.29) is 22.1 Å². The quantitative estimate of drug-likeness (QED) is 0.414. The lowest BCUT2D eigenvalue weighted by molar-refractivity contribution is 0.0190. The molecule has 1 heterocycles. The molecule has 1 aliphatic heterocycles. The van der Waals surface area contributed by atoms with E-state index >= 15 is 0 Å². The molecule has 0 aromatic heterocycles. The van der Waals surface area contributed by atoms with E-state index in [9.17, 15) is 16.8 Å². The Balaban J connectivity index is 1.49. The molecule has 35 heavy (non-hydrogen) atoms. The maximum absolute atomic E-state index is 12.7. The first-order chi connectivity index (χ1) is 16.4. The molecule has 0 amide bonds. The molecule has 0 bridgehead atoms. The maximum atomic E-state index is 12.7. The predicted molar refractivity (Wildman–Crippen MR) is 132 cm³/mol. The summed E-state index contributed by atoms with van der Waals surface area (Å²) in [6.07, 6.45) is 1.03. The first kappa shape index (κ1) is 25.2. The number of fused-ring (bicyclic) bond motifs is 1. The number of hydrogen-bond donors (Lipinski definition) is 0. The molecule has 9 heteroatoms. The normalized spacial score (nSPS) is 17.9. The van der Waals surface area contributed by atoms with Gasteiger partial charge >= 0.3 is 10.1 Å². The lowest BCUT2D eigenvalue weighted by Gasteiger charge is -2.36. The Labute approximate surface area is 206 Å². The Hall–Kier alpha value is -2.88. The largest absolute Gasteiger partial charge is 0.485 e. The van der Waals surface area contributed by atoms with E-state index in [0.717, 1.165) is 16.7 Å². The molecule has 0 aliphatic carbocycles. The van der Waals surface area contributed by atoms with Gasteiger partial charge in [-0.2, -0.15) is 16.8 Å². The topological polar surface area (TPSA) is 96.0 Å². The molecule has 1 atom stereocenters. The van der Waals surface area contributed by atoms with Crippen molar-refractivity contribution in [3.05, 3.63) is 82.9 Å². The average Bonchev–Trinajstić information content (AvgIpc) is 2.79. The van der Waals surface area contributed by atoms with Crippen molar-refractivity contribution in [1.29, 1.82) is 0 Å². The minimum Gasteiger partial charge on any atom is -0.485 e. The molecule has 3 aromatic carbocycles. The highest BCUT2D eigenvalue weighted by Crippen LogP contribution is 2.39. The predicted octanol–water partition coefficient (Wildman–Crippen LogP) is 4.87. The second-order valence-electron chi connectivity index (χ2n) is 9.16. The Bertz CT molecular complexity index is 1440. The summed E-state index contributed by atoms with van der Waals surface area (Å²) in [5, 5.41) is 0. The van der Waals surface area contributed by atoms with Crippen LogP contribution in [0.4, 0.5) is 0 Å². The minimum atomic E-state index is -3.98. The summed E-state index contributed by atoms with van der Waals surface area (Å²) >= 11 is 0. The zero-order valence-electron chi connectivity index (χ0n) is 20.1. The molecule has 0 saturated carbocycles. The molecule has 0 saturated heterocycles. The summed E-state index contributed by atoms with van der Waals surface area (Å²) < 4.78 is 67.5. The van der Waals surface area contributed by atoms with Gasteiger partial charge < -0.3 is 8.92 Å². The molecule has 186 valence electrons. The third kappa shape index (κ3) is 5.69. The smallest absolute Gasteiger partial charge is 0.339 e. The third-order valence-corrected chi connectivity index (χ3v) is 8.48. The minimum absolute atomic E-state index is 0.0780. The van der Waals surface area contributed by atoms with Crippen molar-refractivity contribution in [2.45, 2.75) is 55.9 Å². The Morgan fingerprint density at radius 3 is 1.94 bits per heavy atom. The van der Waals surface area contributed by atoms with Gasteiger partial charge in [-0.25, -0.2) is 0 Å². The summed E-state index contributed by atoms with van der Waals surface area (Å²) in [5.74, 6) is 0.780. The van der Waals surface area contributed by atoms with Crippen molar-refractivity contribution >= 4 is 20.2 Å². The van der Waals surface area contributed by atoms with Crippen LogP contribution in [0, 0.1) is 20.8 Å². The highest BCUT2D eigenvalue weighted by Gasteiger charge is 2.35. The number of hydrogen-bond acceptors (Lipinski definition) is 7. The van der Waals surface area contributed by atoms with Crippen molar-refractivity contribution in [3.63, 3.8) is 0 Å². The van der Waals surface area contributed by atoms with Gasteiger partial charge in [0.1, 0.15) is 28.6 Å². The lowest BCUT2D eigenvalue weighted by atomic mass is 9.92. The van der Waals surface area contributed by atoms with E-state index in [2.05, 4.69) is 0 Å². The van der Waals surface area contributed by atoms with E-state index in [4.69, 9.17) is 13.1 Å². The highest BCUT2D eigenvalue weighted by atomic mass is 32.2. The van der Waals surface area contributed by atoms with Crippen LogP contribution in [0.1, 0.15) is 35.6 Å². The number of rotatable bonds is 7. The van der Waals surface area contributed by atoms with Crippen LogP contribution in [0.15, 0.2) is 70.5 Å². The number of ether oxygens (including phenoxy) is 1. The Morgan fingerprint density at radius 1 is 0.829 bits per heavy atom. The molecule has 0 spiro atoms. The van der Waals surface area contributed by atoms with Gasteiger partial charge in [0.05, 0.1) is 4.90 Å². The molecule has 0 N–H and O–H groups in total. The van der Waals surface area contributed by atoms with Gasteiger partial charge in [-0.15, -0.1) is 0 Å². The van der Waals surface area contributed by atoms with Gasteiger partial charge in [-0.1, -0.05) is 35.4 Å². The Kier molecular flexibility index (Phi) is 6.70. The van der Waals surface area contributed by atoms with Gasteiger partial charge in [-0.05, 0) is 88.1 Å². The Morgan fingerprint density at radius 2 is 1.37 bits per heavy atom. The van der Waals surface area contributed by atoms with Gasteiger partial charge in [0.15, 0.2) is 0 Å². The van der Waals surface area contributed by atoms with E-state index in [1.54, 1.807) is 50.2 Å². The molecule has 0 unspecified atom stereocenters. The van der Waals surface area contributed by atoms with E-state index < -0.39 is 25.8 Å². The molecule has 0 radical (unpaired) electrons. The van der Waals surface area contributed by atoms with Gasteiger partial charge in [0.2, 0.25) is 0 Å². The van der Waals surface area contributed by atoms with E-state index in [1.165, 1.54) is 24.3 Å². The molecule has 3 aromatic rings. The van der Waals surface area contributed by atoms with Crippen LogP contribution < -0.4 is 8.92 Å². The molecule has 7 nitrogen and oxygen atoms in total. The van der Waals surface area contributed by atoms with Crippen molar-refractivity contribution in [2.24, 2.45) is 0 Å². The van der Waals surface area contributed by atoms with Crippen LogP contribution in [0.5, 0.6) is 11.5 Å². The molecular formula is C26H28O7S2. The van der Waals surface area contributed by atoms with Crippen molar-refractivity contribution in [1.82, 2.24) is 0 Å². The van der Waals surface area contributed by atoms with Gasteiger partial charge in [0, 0.05) is 0 Å². The zero-order chi connectivity index (χ0) is 25.4. The summed E-state index contributed by atoms with van der Waals surface area (Å²) in [6.45, 7) is 7.19. The van der Waals surface area contributed by atoms with E-state index in [1.807, 2.05) is 13.8 Å². The first-order valence-electron chi connectivity index (χ1n) is 11.2. The second kappa shape index (κ2) is 9.29. The van der Waals surface area contributed by atoms with Crippen LogP contribution in [0.25, 0.3) is 0 Å². The first-order valence-corrected chi connectivity index (χ1v) is 14.0. The summed E-state index contributed by atoms with van der Waals surface area (Å²) in [6, 6.07) is 16.2. The third-order valence-electron chi connectivity index (χ3n) is 5.94. The van der Waals surface area contributed by atoms with E-state index in [0.29, 0.717) is 24.2 Å².